The van der Waals surface area contributed by atoms with Crippen molar-refractivity contribution in [2.45, 2.75) is 31.7 Å². The van der Waals surface area contributed by atoms with E-state index in [1.54, 1.807) is 24.3 Å². The van der Waals surface area contributed by atoms with Gasteiger partial charge in [-0.2, -0.15) is 0 Å². The van der Waals surface area contributed by atoms with Crippen LogP contribution in [0.4, 0.5) is 0 Å². The minimum Gasteiger partial charge on any atom is -0.389 e. The number of benzene rings is 1. The van der Waals surface area contributed by atoms with E-state index in [1.807, 2.05) is 0 Å². The third-order valence-corrected chi connectivity index (χ3v) is 4.37. The molecule has 1 aliphatic rings. The molecular formula is C16H23N3OS. The first-order valence-electron chi connectivity index (χ1n) is 7.46. The van der Waals surface area contributed by atoms with Gasteiger partial charge in [-0.1, -0.05) is 37.2 Å². The van der Waals surface area contributed by atoms with Crippen LogP contribution in [0.25, 0.3) is 0 Å². The summed E-state index contributed by atoms with van der Waals surface area (Å²) in [7, 11) is 2.14. The van der Waals surface area contributed by atoms with Crippen molar-refractivity contribution in [1.82, 2.24) is 10.2 Å². The molecule has 0 aliphatic heterocycles. The number of likely N-dealkylation sites (N-methyl/N-ethyl adjacent to an activating group) is 1. The zero-order chi connectivity index (χ0) is 15.2. The van der Waals surface area contributed by atoms with Crippen molar-refractivity contribution >= 4 is 23.1 Å². The lowest BCUT2D eigenvalue weighted by Crippen LogP contribution is -2.37. The van der Waals surface area contributed by atoms with Gasteiger partial charge < -0.3 is 16.0 Å². The SMILES string of the molecule is CN(CCNC(=O)c1ccc(C(N)=S)cc1)C1CCCC1. The summed E-state index contributed by atoms with van der Waals surface area (Å²) in [6.07, 6.45) is 5.23. The van der Waals surface area contributed by atoms with E-state index in [1.165, 1.54) is 25.7 Å². The number of nitrogens with zero attached hydrogens (tertiary/aromatic N) is 1. The lowest BCUT2D eigenvalue weighted by atomic mass is 10.1. The topological polar surface area (TPSA) is 58.4 Å². The maximum Gasteiger partial charge on any atom is 0.251 e. The number of hydrogen-bond acceptors (Lipinski definition) is 3. The van der Waals surface area contributed by atoms with Gasteiger partial charge in [-0.05, 0) is 32.0 Å². The molecule has 2 rings (SSSR count). The Hall–Kier alpha value is -1.46. The van der Waals surface area contributed by atoms with Gasteiger partial charge in [0.2, 0.25) is 0 Å². The normalized spacial score (nSPS) is 15.3. The predicted molar refractivity (Wildman–Crippen MR) is 89.5 cm³/mol. The Balaban J connectivity index is 1.77. The second kappa shape index (κ2) is 7.52. The molecule has 0 unspecified atom stereocenters. The van der Waals surface area contributed by atoms with Crippen LogP contribution in [0.3, 0.4) is 0 Å². The minimum atomic E-state index is -0.0516. The van der Waals surface area contributed by atoms with Crippen LogP contribution in [0.1, 0.15) is 41.6 Å². The van der Waals surface area contributed by atoms with E-state index >= 15 is 0 Å². The molecule has 1 aromatic carbocycles. The molecule has 0 aromatic heterocycles. The van der Waals surface area contributed by atoms with Gasteiger partial charge in [0, 0.05) is 30.3 Å². The molecule has 0 bridgehead atoms. The lowest BCUT2D eigenvalue weighted by Gasteiger charge is -2.23. The van der Waals surface area contributed by atoms with Crippen LogP contribution in [0, 0.1) is 0 Å². The molecule has 1 fully saturated rings. The fourth-order valence-corrected chi connectivity index (χ4v) is 2.90. The predicted octanol–water partition coefficient (Wildman–Crippen LogP) is 1.92. The van der Waals surface area contributed by atoms with Crippen molar-refractivity contribution in [3.05, 3.63) is 35.4 Å². The smallest absolute Gasteiger partial charge is 0.251 e. The first-order valence-corrected chi connectivity index (χ1v) is 7.87. The molecule has 0 spiro atoms. The van der Waals surface area contributed by atoms with Crippen molar-refractivity contribution < 1.29 is 4.79 Å². The van der Waals surface area contributed by atoms with E-state index in [0.717, 1.165) is 12.1 Å². The van der Waals surface area contributed by atoms with Gasteiger partial charge in [-0.3, -0.25) is 4.79 Å². The number of rotatable bonds is 6. The summed E-state index contributed by atoms with van der Waals surface area (Å²) in [5, 5.41) is 2.96. The van der Waals surface area contributed by atoms with E-state index < -0.39 is 0 Å². The molecule has 1 aromatic rings. The molecule has 1 amide bonds. The summed E-state index contributed by atoms with van der Waals surface area (Å²) in [6.45, 7) is 1.56. The molecule has 21 heavy (non-hydrogen) atoms. The Bertz CT molecular complexity index is 495. The first-order chi connectivity index (χ1) is 10.1. The summed E-state index contributed by atoms with van der Waals surface area (Å²) in [5.74, 6) is -0.0516. The monoisotopic (exact) mass is 305 g/mol. The van der Waals surface area contributed by atoms with Crippen molar-refractivity contribution in [3.63, 3.8) is 0 Å². The van der Waals surface area contributed by atoms with Crippen molar-refractivity contribution in [2.75, 3.05) is 20.1 Å². The molecule has 114 valence electrons. The number of amides is 1. The summed E-state index contributed by atoms with van der Waals surface area (Å²) >= 11 is 4.89. The maximum absolute atomic E-state index is 12.0. The van der Waals surface area contributed by atoms with Crippen molar-refractivity contribution in [1.29, 1.82) is 0 Å². The number of carbonyl (C=O) groups excluding carboxylic acids is 1. The van der Waals surface area contributed by atoms with E-state index in [0.29, 0.717) is 23.1 Å². The Labute approximate surface area is 131 Å². The second-order valence-corrected chi connectivity index (χ2v) is 6.06. The summed E-state index contributed by atoms with van der Waals surface area (Å²) in [5.41, 5.74) is 6.96. The van der Waals surface area contributed by atoms with Gasteiger partial charge in [0.25, 0.3) is 5.91 Å². The highest BCUT2D eigenvalue weighted by molar-refractivity contribution is 7.80. The zero-order valence-corrected chi connectivity index (χ0v) is 13.3. The van der Waals surface area contributed by atoms with Crippen molar-refractivity contribution in [3.8, 4) is 0 Å². The summed E-state index contributed by atoms with van der Waals surface area (Å²) < 4.78 is 0. The van der Waals surface area contributed by atoms with Gasteiger partial charge in [-0.25, -0.2) is 0 Å². The average Bonchev–Trinajstić information content (AvgIpc) is 3.01. The standard InChI is InChI=1S/C16H23N3OS/c1-19(14-4-2-3-5-14)11-10-18-16(20)13-8-6-12(7-9-13)15(17)21/h6-9,14H,2-5,10-11H2,1H3,(H2,17,21)(H,18,20). The van der Waals surface area contributed by atoms with E-state index in [4.69, 9.17) is 18.0 Å². The van der Waals surface area contributed by atoms with Crippen molar-refractivity contribution in [2.24, 2.45) is 5.73 Å². The highest BCUT2D eigenvalue weighted by atomic mass is 32.1. The Morgan fingerprint density at radius 2 is 1.86 bits per heavy atom. The molecule has 4 nitrogen and oxygen atoms in total. The van der Waals surface area contributed by atoms with Gasteiger partial charge >= 0.3 is 0 Å². The Kier molecular flexibility index (Phi) is 5.70. The van der Waals surface area contributed by atoms with Gasteiger partial charge in [0.15, 0.2) is 0 Å². The largest absolute Gasteiger partial charge is 0.389 e. The Morgan fingerprint density at radius 1 is 1.29 bits per heavy atom. The van der Waals surface area contributed by atoms with Crippen LogP contribution in [0.15, 0.2) is 24.3 Å². The van der Waals surface area contributed by atoms with Crippen LogP contribution in [-0.2, 0) is 0 Å². The van der Waals surface area contributed by atoms with Crippen LogP contribution in [0.2, 0.25) is 0 Å². The summed E-state index contributed by atoms with van der Waals surface area (Å²) in [4.78, 5) is 14.7. The highest BCUT2D eigenvalue weighted by Gasteiger charge is 2.19. The van der Waals surface area contributed by atoms with E-state index in [9.17, 15) is 4.79 Å². The second-order valence-electron chi connectivity index (χ2n) is 5.62. The molecule has 0 atom stereocenters. The third kappa shape index (κ3) is 4.51. The molecule has 0 radical (unpaired) electrons. The molecule has 1 aliphatic carbocycles. The van der Waals surface area contributed by atoms with E-state index in [-0.39, 0.29) is 5.91 Å². The zero-order valence-electron chi connectivity index (χ0n) is 12.5. The fraction of sp³-hybridized carbons (Fsp3) is 0.500. The molecule has 0 saturated heterocycles. The molecule has 5 heteroatoms. The van der Waals surface area contributed by atoms with E-state index in [2.05, 4.69) is 17.3 Å². The lowest BCUT2D eigenvalue weighted by molar-refractivity contribution is 0.0947. The number of hydrogen-bond donors (Lipinski definition) is 2. The number of carbonyl (C=O) groups is 1. The van der Waals surface area contributed by atoms with Gasteiger partial charge in [0.05, 0.1) is 0 Å². The third-order valence-electron chi connectivity index (χ3n) is 4.13. The van der Waals surface area contributed by atoms with Crippen LogP contribution >= 0.6 is 12.2 Å². The minimum absolute atomic E-state index is 0.0516. The van der Waals surface area contributed by atoms with Crippen LogP contribution < -0.4 is 11.1 Å². The average molecular weight is 305 g/mol. The number of thiocarbonyl (C=S) groups is 1. The summed E-state index contributed by atoms with van der Waals surface area (Å²) in [6, 6.07) is 7.76. The molecule has 0 heterocycles. The Morgan fingerprint density at radius 3 is 2.43 bits per heavy atom. The molecule has 3 N–H and O–H groups in total. The van der Waals surface area contributed by atoms with Gasteiger partial charge in [-0.15, -0.1) is 0 Å². The van der Waals surface area contributed by atoms with Gasteiger partial charge in [0.1, 0.15) is 4.99 Å². The van der Waals surface area contributed by atoms with Crippen LogP contribution in [-0.4, -0.2) is 42.0 Å². The van der Waals surface area contributed by atoms with Crippen LogP contribution in [0.5, 0.6) is 0 Å². The quantitative estimate of drug-likeness (QED) is 0.789. The first kappa shape index (κ1) is 15.9. The number of nitrogens with one attached hydrogen (secondary N) is 1. The fourth-order valence-electron chi connectivity index (χ4n) is 2.76. The number of nitrogens with two attached hydrogens (primary N) is 1. The molecule has 1 saturated carbocycles. The highest BCUT2D eigenvalue weighted by Crippen LogP contribution is 2.21. The maximum atomic E-state index is 12.0. The molecular weight excluding hydrogens is 282 g/mol.